The average Bonchev–Trinajstić information content (AvgIpc) is 2.63. The molecule has 1 saturated heterocycles. The van der Waals surface area contributed by atoms with Crippen LogP contribution in [0.25, 0.3) is 10.8 Å². The number of nitrogens with zero attached hydrogens (tertiary/aromatic N) is 2. The quantitative estimate of drug-likeness (QED) is 0.861. The zero-order valence-electron chi connectivity index (χ0n) is 15.1. The highest BCUT2D eigenvalue weighted by atomic mass is 16.5. The molecule has 1 amide bonds. The predicted octanol–water partition coefficient (Wildman–Crippen LogP) is 2.53. The van der Waals surface area contributed by atoms with Crippen molar-refractivity contribution >= 4 is 22.6 Å². The molecule has 1 atom stereocenters. The minimum atomic E-state index is -0.936. The number of carbonyl (C=O) groups is 2. The Morgan fingerprint density at radius 2 is 1.92 bits per heavy atom. The minimum Gasteiger partial charge on any atom is -0.497 e. The van der Waals surface area contributed by atoms with E-state index in [-0.39, 0.29) is 12.5 Å². The van der Waals surface area contributed by atoms with Crippen molar-refractivity contribution in [2.45, 2.75) is 19.4 Å². The van der Waals surface area contributed by atoms with E-state index in [9.17, 15) is 14.7 Å². The smallest absolute Gasteiger partial charge is 0.325 e. The molecule has 0 aromatic heterocycles. The Hall–Kier alpha value is -2.60. The van der Waals surface area contributed by atoms with Crippen LogP contribution in [0.5, 0.6) is 5.75 Å². The molecule has 0 bridgehead atoms. The van der Waals surface area contributed by atoms with Crippen molar-refractivity contribution < 1.29 is 19.4 Å². The van der Waals surface area contributed by atoms with Crippen molar-refractivity contribution in [3.8, 4) is 5.75 Å². The van der Waals surface area contributed by atoms with Crippen LogP contribution in [0.15, 0.2) is 36.4 Å². The summed E-state index contributed by atoms with van der Waals surface area (Å²) in [5.41, 5.74) is 0.687. The predicted molar refractivity (Wildman–Crippen MR) is 99.3 cm³/mol. The first-order valence-electron chi connectivity index (χ1n) is 8.86. The van der Waals surface area contributed by atoms with E-state index < -0.39 is 12.0 Å². The third-order valence-corrected chi connectivity index (χ3v) is 4.83. The number of carboxylic acid groups (broad SMARTS) is 1. The zero-order chi connectivity index (χ0) is 18.7. The summed E-state index contributed by atoms with van der Waals surface area (Å²) in [6.07, 6.45) is 0.905. The molecule has 3 rings (SSSR count). The van der Waals surface area contributed by atoms with Crippen LogP contribution in [-0.4, -0.2) is 60.1 Å². The molecule has 0 saturated carbocycles. The highest BCUT2D eigenvalue weighted by Gasteiger charge is 2.33. The fraction of sp³-hybridized carbons (Fsp3) is 0.400. The third kappa shape index (κ3) is 3.65. The molecule has 138 valence electrons. The summed E-state index contributed by atoms with van der Waals surface area (Å²) in [4.78, 5) is 27.8. The van der Waals surface area contributed by atoms with Gasteiger partial charge in [-0.25, -0.2) is 0 Å². The lowest BCUT2D eigenvalue weighted by molar-refractivity contribution is -0.147. The summed E-state index contributed by atoms with van der Waals surface area (Å²) >= 11 is 0. The molecule has 1 heterocycles. The molecule has 2 aromatic rings. The van der Waals surface area contributed by atoms with Crippen LogP contribution in [0.3, 0.4) is 0 Å². The van der Waals surface area contributed by atoms with Gasteiger partial charge in [0.1, 0.15) is 11.8 Å². The van der Waals surface area contributed by atoms with Gasteiger partial charge in [0.25, 0.3) is 0 Å². The maximum atomic E-state index is 12.3. The molecule has 1 fully saturated rings. The van der Waals surface area contributed by atoms with Gasteiger partial charge in [-0.1, -0.05) is 25.1 Å². The first-order valence-corrected chi connectivity index (χ1v) is 8.86. The Kier molecular flexibility index (Phi) is 5.42. The summed E-state index contributed by atoms with van der Waals surface area (Å²) in [5.74, 6) is -0.179. The van der Waals surface area contributed by atoms with E-state index in [1.165, 1.54) is 0 Å². The van der Waals surface area contributed by atoms with E-state index in [4.69, 9.17) is 4.74 Å². The summed E-state index contributed by atoms with van der Waals surface area (Å²) in [7, 11) is 1.62. The SMILES string of the molecule is CCCN1CCN(C(C(=O)O)c2ccc3cc(OC)ccc3c2)CC1=O. The molecular weight excluding hydrogens is 332 g/mol. The normalized spacial score (nSPS) is 16.7. The standard InChI is InChI=1S/C20H24N2O4/c1-3-8-21-9-10-22(13-18(21)23)19(20(24)25)16-5-4-15-12-17(26-2)7-6-14(15)11-16/h4-7,11-12,19H,3,8-10,13H2,1-2H3,(H,24,25). The molecule has 6 heteroatoms. The number of carbonyl (C=O) groups excluding carboxylic acids is 1. The number of piperazine rings is 1. The fourth-order valence-corrected chi connectivity index (χ4v) is 3.50. The molecule has 1 N–H and O–H groups in total. The largest absolute Gasteiger partial charge is 0.497 e. The van der Waals surface area contributed by atoms with Gasteiger partial charge < -0.3 is 14.7 Å². The van der Waals surface area contributed by atoms with Gasteiger partial charge in [0, 0.05) is 19.6 Å². The first-order chi connectivity index (χ1) is 12.5. The molecular formula is C20H24N2O4. The maximum absolute atomic E-state index is 12.3. The number of aliphatic carboxylic acids is 1. The second-order valence-electron chi connectivity index (χ2n) is 6.56. The number of hydrogen-bond donors (Lipinski definition) is 1. The molecule has 1 aliphatic heterocycles. The Bertz CT molecular complexity index is 821. The Morgan fingerprint density at radius 1 is 1.19 bits per heavy atom. The number of methoxy groups -OCH3 is 1. The van der Waals surface area contributed by atoms with Crippen molar-refractivity contribution in [2.75, 3.05) is 33.3 Å². The van der Waals surface area contributed by atoms with E-state index in [1.54, 1.807) is 12.0 Å². The van der Waals surface area contributed by atoms with Crippen molar-refractivity contribution in [3.05, 3.63) is 42.0 Å². The lowest BCUT2D eigenvalue weighted by Crippen LogP contribution is -2.52. The van der Waals surface area contributed by atoms with Crippen LogP contribution < -0.4 is 4.74 Å². The van der Waals surface area contributed by atoms with Crippen LogP contribution in [0, 0.1) is 0 Å². The topological polar surface area (TPSA) is 70.1 Å². The van der Waals surface area contributed by atoms with Gasteiger partial charge in [-0.15, -0.1) is 0 Å². The van der Waals surface area contributed by atoms with Gasteiger partial charge in [-0.05, 0) is 41.0 Å². The van der Waals surface area contributed by atoms with Crippen molar-refractivity contribution in [3.63, 3.8) is 0 Å². The summed E-state index contributed by atoms with van der Waals surface area (Å²) in [6.45, 7) is 4.02. The van der Waals surface area contributed by atoms with E-state index in [1.807, 2.05) is 48.2 Å². The summed E-state index contributed by atoms with van der Waals surface area (Å²) < 4.78 is 5.23. The second-order valence-corrected chi connectivity index (χ2v) is 6.56. The van der Waals surface area contributed by atoms with E-state index >= 15 is 0 Å². The second kappa shape index (κ2) is 7.74. The van der Waals surface area contributed by atoms with Crippen LogP contribution >= 0.6 is 0 Å². The molecule has 0 aliphatic carbocycles. The fourth-order valence-electron chi connectivity index (χ4n) is 3.50. The van der Waals surface area contributed by atoms with Crippen molar-refractivity contribution in [2.24, 2.45) is 0 Å². The lowest BCUT2D eigenvalue weighted by atomic mass is 10.00. The third-order valence-electron chi connectivity index (χ3n) is 4.83. The Balaban J connectivity index is 1.87. The number of amides is 1. The van der Waals surface area contributed by atoms with Crippen LogP contribution in [-0.2, 0) is 9.59 Å². The average molecular weight is 356 g/mol. The van der Waals surface area contributed by atoms with Crippen LogP contribution in [0.2, 0.25) is 0 Å². The molecule has 26 heavy (non-hydrogen) atoms. The van der Waals surface area contributed by atoms with Gasteiger partial charge in [0.05, 0.1) is 13.7 Å². The Morgan fingerprint density at radius 3 is 2.58 bits per heavy atom. The van der Waals surface area contributed by atoms with Gasteiger partial charge in [-0.3, -0.25) is 14.5 Å². The highest BCUT2D eigenvalue weighted by Crippen LogP contribution is 2.28. The van der Waals surface area contributed by atoms with Gasteiger partial charge >= 0.3 is 5.97 Å². The maximum Gasteiger partial charge on any atom is 0.325 e. The molecule has 0 spiro atoms. The molecule has 1 aliphatic rings. The minimum absolute atomic E-state index is 0.00474. The Labute approximate surface area is 153 Å². The molecule has 0 radical (unpaired) electrons. The lowest BCUT2D eigenvalue weighted by Gasteiger charge is -2.37. The van der Waals surface area contributed by atoms with E-state index in [0.29, 0.717) is 18.7 Å². The number of rotatable bonds is 6. The molecule has 6 nitrogen and oxygen atoms in total. The van der Waals surface area contributed by atoms with Gasteiger partial charge in [0.2, 0.25) is 5.91 Å². The first kappa shape index (κ1) is 18.2. The summed E-state index contributed by atoms with van der Waals surface area (Å²) in [5, 5.41) is 11.7. The summed E-state index contributed by atoms with van der Waals surface area (Å²) in [6, 6.07) is 10.5. The number of benzene rings is 2. The highest BCUT2D eigenvalue weighted by molar-refractivity contribution is 5.87. The van der Waals surface area contributed by atoms with Crippen LogP contribution in [0.4, 0.5) is 0 Å². The number of carboxylic acids is 1. The van der Waals surface area contributed by atoms with Gasteiger partial charge in [0.15, 0.2) is 0 Å². The van der Waals surface area contributed by atoms with E-state index in [0.717, 1.165) is 29.5 Å². The van der Waals surface area contributed by atoms with Crippen LogP contribution in [0.1, 0.15) is 24.9 Å². The zero-order valence-corrected chi connectivity index (χ0v) is 15.1. The molecule has 2 aromatic carbocycles. The van der Waals surface area contributed by atoms with Gasteiger partial charge in [-0.2, -0.15) is 0 Å². The number of fused-ring (bicyclic) bond motifs is 1. The molecule has 1 unspecified atom stereocenters. The number of ether oxygens (including phenoxy) is 1. The number of hydrogen-bond acceptors (Lipinski definition) is 4. The monoisotopic (exact) mass is 356 g/mol. The van der Waals surface area contributed by atoms with E-state index in [2.05, 4.69) is 0 Å². The van der Waals surface area contributed by atoms with Crippen molar-refractivity contribution in [1.29, 1.82) is 0 Å². The van der Waals surface area contributed by atoms with Crippen molar-refractivity contribution in [1.82, 2.24) is 9.80 Å².